The molecule has 0 aromatic heterocycles. The van der Waals surface area contributed by atoms with Crippen LogP contribution < -0.4 is 4.90 Å². The Bertz CT molecular complexity index is 585. The van der Waals surface area contributed by atoms with Crippen LogP contribution in [0.2, 0.25) is 0 Å². The Kier molecular flexibility index (Phi) is 3.66. The Morgan fingerprint density at radius 2 is 2.20 bits per heavy atom. The number of aliphatic hydroxyl groups is 1. The van der Waals surface area contributed by atoms with Gasteiger partial charge in [-0.2, -0.15) is 0 Å². The fraction of sp³-hybridized carbons (Fsp3) is 0.333. The largest absolute Gasteiger partial charge is 0.481 e. The van der Waals surface area contributed by atoms with Gasteiger partial charge in [0, 0.05) is 17.8 Å². The predicted molar refractivity (Wildman–Crippen MR) is 67.4 cm³/mol. The molecule has 0 fully saturated rings. The predicted octanol–water partition coefficient (Wildman–Crippen LogP) is 0.319. The number of anilines is 1. The second-order valence-electron chi connectivity index (χ2n) is 4.50. The van der Waals surface area contributed by atoms with E-state index in [0.717, 1.165) is 0 Å². The molecule has 1 aromatic rings. The van der Waals surface area contributed by atoms with E-state index in [1.54, 1.807) is 0 Å². The van der Waals surface area contributed by atoms with Crippen molar-refractivity contribution < 1.29 is 24.7 Å². The van der Waals surface area contributed by atoms with Crippen LogP contribution >= 0.6 is 0 Å². The molecule has 1 atom stereocenters. The minimum Gasteiger partial charge on any atom is -0.481 e. The number of hydrogen-bond donors (Lipinski definition) is 2. The SMILES string of the molecule is O=C(O)CC(O)CN1C(=O)Cc2cc([N+](=O)[O-])ccc21. The molecular weight excluding hydrogens is 268 g/mol. The summed E-state index contributed by atoms with van der Waals surface area (Å²) in [5.74, 6) is -1.47. The van der Waals surface area contributed by atoms with Crippen LogP contribution in [0.3, 0.4) is 0 Å². The van der Waals surface area contributed by atoms with Crippen LogP contribution in [0, 0.1) is 10.1 Å². The van der Waals surface area contributed by atoms with E-state index >= 15 is 0 Å². The summed E-state index contributed by atoms with van der Waals surface area (Å²) in [4.78, 5) is 33.7. The van der Waals surface area contributed by atoms with Crippen LogP contribution in [0.5, 0.6) is 0 Å². The highest BCUT2D eigenvalue weighted by molar-refractivity contribution is 6.01. The molecule has 2 rings (SSSR count). The Balaban J connectivity index is 2.20. The smallest absolute Gasteiger partial charge is 0.306 e. The number of carboxylic acids is 1. The van der Waals surface area contributed by atoms with Crippen LogP contribution in [-0.2, 0) is 16.0 Å². The summed E-state index contributed by atoms with van der Waals surface area (Å²) in [5, 5.41) is 28.8. The molecule has 1 aromatic carbocycles. The number of nitro groups is 1. The van der Waals surface area contributed by atoms with Gasteiger partial charge in [-0.25, -0.2) is 0 Å². The first-order valence-corrected chi connectivity index (χ1v) is 5.86. The van der Waals surface area contributed by atoms with E-state index < -0.39 is 23.4 Å². The highest BCUT2D eigenvalue weighted by atomic mass is 16.6. The molecule has 0 saturated carbocycles. The van der Waals surface area contributed by atoms with Crippen LogP contribution in [0.15, 0.2) is 18.2 Å². The number of carbonyl (C=O) groups excluding carboxylic acids is 1. The molecule has 0 spiro atoms. The zero-order valence-corrected chi connectivity index (χ0v) is 10.4. The van der Waals surface area contributed by atoms with Gasteiger partial charge in [0.2, 0.25) is 5.91 Å². The average molecular weight is 280 g/mol. The topological polar surface area (TPSA) is 121 Å². The molecule has 0 aliphatic carbocycles. The summed E-state index contributed by atoms with van der Waals surface area (Å²) in [5.41, 5.74) is 0.876. The number of β-amino-alcohol motifs (C(OH)–C–C–N with tert-alkyl or cyclic N) is 1. The van der Waals surface area contributed by atoms with Gasteiger partial charge in [0.15, 0.2) is 0 Å². The molecule has 0 bridgehead atoms. The van der Waals surface area contributed by atoms with Crippen LogP contribution in [0.1, 0.15) is 12.0 Å². The summed E-state index contributed by atoms with van der Waals surface area (Å²) in [7, 11) is 0. The van der Waals surface area contributed by atoms with Gasteiger partial charge in [0.25, 0.3) is 5.69 Å². The van der Waals surface area contributed by atoms with Gasteiger partial charge in [0.1, 0.15) is 0 Å². The van der Waals surface area contributed by atoms with Gasteiger partial charge in [0.05, 0.1) is 30.4 Å². The van der Waals surface area contributed by atoms with E-state index in [1.165, 1.54) is 23.1 Å². The number of benzene rings is 1. The van der Waals surface area contributed by atoms with Crippen LogP contribution in [0.4, 0.5) is 11.4 Å². The van der Waals surface area contributed by atoms with Crippen LogP contribution in [-0.4, -0.2) is 39.7 Å². The van der Waals surface area contributed by atoms with E-state index in [-0.39, 0.29) is 24.6 Å². The lowest BCUT2D eigenvalue weighted by atomic mass is 10.1. The van der Waals surface area contributed by atoms with Gasteiger partial charge < -0.3 is 15.1 Å². The van der Waals surface area contributed by atoms with Crippen LogP contribution in [0.25, 0.3) is 0 Å². The van der Waals surface area contributed by atoms with Gasteiger partial charge in [-0.1, -0.05) is 0 Å². The van der Waals surface area contributed by atoms with Gasteiger partial charge in [-0.05, 0) is 11.6 Å². The first-order chi connectivity index (χ1) is 9.38. The van der Waals surface area contributed by atoms with E-state index in [2.05, 4.69) is 0 Å². The second kappa shape index (κ2) is 5.25. The third-order valence-corrected chi connectivity index (χ3v) is 3.01. The number of carboxylic acid groups (broad SMARTS) is 1. The number of amides is 1. The fourth-order valence-electron chi connectivity index (χ4n) is 2.16. The molecule has 2 N–H and O–H groups in total. The zero-order valence-electron chi connectivity index (χ0n) is 10.4. The standard InChI is InChI=1S/C12H12N2O6/c15-9(5-12(17)18)6-13-10-2-1-8(14(19)20)3-7(10)4-11(13)16/h1-3,9,15H,4-6H2,(H,17,18). The van der Waals surface area contributed by atoms with Crippen molar-refractivity contribution in [2.45, 2.75) is 18.9 Å². The number of non-ortho nitro benzene ring substituents is 1. The van der Waals surface area contributed by atoms with Gasteiger partial charge >= 0.3 is 5.97 Å². The van der Waals surface area contributed by atoms with E-state index in [4.69, 9.17) is 5.11 Å². The Labute approximate surface area is 113 Å². The van der Waals surface area contributed by atoms with E-state index in [1.807, 2.05) is 0 Å². The molecule has 1 unspecified atom stereocenters. The maximum atomic E-state index is 11.8. The van der Waals surface area contributed by atoms with Crippen molar-refractivity contribution in [3.05, 3.63) is 33.9 Å². The number of hydrogen-bond acceptors (Lipinski definition) is 5. The quantitative estimate of drug-likeness (QED) is 0.591. The molecule has 1 aliphatic rings. The molecule has 0 radical (unpaired) electrons. The van der Waals surface area contributed by atoms with Crippen molar-refractivity contribution >= 4 is 23.3 Å². The van der Waals surface area contributed by atoms with Crippen molar-refractivity contribution in [3.63, 3.8) is 0 Å². The second-order valence-corrected chi connectivity index (χ2v) is 4.50. The molecule has 1 heterocycles. The van der Waals surface area contributed by atoms with Gasteiger partial charge in [-0.3, -0.25) is 19.7 Å². The summed E-state index contributed by atoms with van der Waals surface area (Å²) < 4.78 is 0. The molecule has 0 saturated heterocycles. The lowest BCUT2D eigenvalue weighted by molar-refractivity contribution is -0.384. The molecular formula is C12H12N2O6. The first-order valence-electron chi connectivity index (χ1n) is 5.86. The molecule has 20 heavy (non-hydrogen) atoms. The third-order valence-electron chi connectivity index (χ3n) is 3.01. The number of rotatable bonds is 5. The lowest BCUT2D eigenvalue weighted by Crippen LogP contribution is -2.35. The average Bonchev–Trinajstić information content (AvgIpc) is 2.64. The summed E-state index contributed by atoms with van der Waals surface area (Å²) in [6.07, 6.45) is -1.64. The summed E-state index contributed by atoms with van der Waals surface area (Å²) in [6, 6.07) is 4.02. The number of nitro benzene ring substituents is 1. The molecule has 8 heteroatoms. The number of fused-ring (bicyclic) bond motifs is 1. The Morgan fingerprint density at radius 1 is 1.50 bits per heavy atom. The molecule has 1 amide bonds. The molecule has 106 valence electrons. The van der Waals surface area contributed by atoms with Gasteiger partial charge in [-0.15, -0.1) is 0 Å². The monoisotopic (exact) mass is 280 g/mol. The molecule has 8 nitrogen and oxygen atoms in total. The maximum Gasteiger partial charge on any atom is 0.306 e. The minimum absolute atomic E-state index is 0.0107. The Hall–Kier alpha value is -2.48. The molecule has 1 aliphatic heterocycles. The Morgan fingerprint density at radius 3 is 2.80 bits per heavy atom. The van der Waals surface area contributed by atoms with Crippen molar-refractivity contribution in [1.29, 1.82) is 0 Å². The number of nitrogens with zero attached hydrogens (tertiary/aromatic N) is 2. The van der Waals surface area contributed by atoms with Crippen molar-refractivity contribution in [1.82, 2.24) is 0 Å². The number of carbonyl (C=O) groups is 2. The third kappa shape index (κ3) is 2.75. The highest BCUT2D eigenvalue weighted by Crippen LogP contribution is 2.32. The maximum absolute atomic E-state index is 11.8. The highest BCUT2D eigenvalue weighted by Gasteiger charge is 2.30. The minimum atomic E-state index is -1.18. The zero-order chi connectivity index (χ0) is 14.9. The van der Waals surface area contributed by atoms with E-state index in [9.17, 15) is 24.8 Å². The lowest BCUT2D eigenvalue weighted by Gasteiger charge is -2.20. The number of aliphatic hydroxyl groups excluding tert-OH is 1. The van der Waals surface area contributed by atoms with Crippen molar-refractivity contribution in [3.8, 4) is 0 Å². The van der Waals surface area contributed by atoms with E-state index in [0.29, 0.717) is 11.3 Å². The van der Waals surface area contributed by atoms with Crippen molar-refractivity contribution in [2.24, 2.45) is 0 Å². The normalized spacial score (nSPS) is 15.1. The first kappa shape index (κ1) is 13.9. The number of aliphatic carboxylic acids is 1. The summed E-state index contributed by atoms with van der Waals surface area (Å²) in [6.45, 7) is -0.143. The summed E-state index contributed by atoms with van der Waals surface area (Å²) >= 11 is 0. The van der Waals surface area contributed by atoms with Crippen molar-refractivity contribution in [2.75, 3.05) is 11.4 Å². The fourth-order valence-corrected chi connectivity index (χ4v) is 2.16.